The molecule has 19 heavy (non-hydrogen) atoms. The molecule has 98 valence electrons. The summed E-state index contributed by atoms with van der Waals surface area (Å²) in [4.78, 5) is 4.37. The van der Waals surface area contributed by atoms with Crippen LogP contribution in [0.2, 0.25) is 0 Å². The third-order valence-electron chi connectivity index (χ3n) is 3.00. The van der Waals surface area contributed by atoms with E-state index < -0.39 is 0 Å². The molecule has 1 heterocycles. The maximum Gasteiger partial charge on any atom is 0.112 e. The van der Waals surface area contributed by atoms with Crippen LogP contribution in [0.4, 0.5) is 0 Å². The zero-order valence-electron chi connectivity index (χ0n) is 11.1. The van der Waals surface area contributed by atoms with Crippen LogP contribution < -0.4 is 5.32 Å². The van der Waals surface area contributed by atoms with Gasteiger partial charge in [-0.15, -0.1) is 11.3 Å². The molecule has 3 nitrogen and oxygen atoms in total. The van der Waals surface area contributed by atoms with Crippen LogP contribution in [0.15, 0.2) is 41.9 Å². The number of thiazole rings is 1. The fourth-order valence-corrected chi connectivity index (χ4v) is 2.78. The molecule has 0 spiro atoms. The first-order chi connectivity index (χ1) is 9.13. The fraction of sp³-hybridized carbons (Fsp3) is 0.333. The standard InChI is InChI=1S/C15H17N3S/c1-15(2,14-17-10-11-19-14)18-13(8-9-16)12-6-4-3-5-7-12/h3-7,10-11,13,18H,8H2,1-2H3. The van der Waals surface area contributed by atoms with Gasteiger partial charge in [0.2, 0.25) is 0 Å². The molecular formula is C15H17N3S. The first-order valence-electron chi connectivity index (χ1n) is 6.23. The fourth-order valence-electron chi connectivity index (χ4n) is 2.06. The third-order valence-corrected chi connectivity index (χ3v) is 4.10. The van der Waals surface area contributed by atoms with E-state index in [1.54, 1.807) is 11.3 Å². The maximum absolute atomic E-state index is 9.02. The Bertz CT molecular complexity index is 541. The number of nitriles is 1. The molecule has 2 aromatic rings. The molecule has 2 rings (SSSR count). The largest absolute Gasteiger partial charge is 0.298 e. The van der Waals surface area contributed by atoms with E-state index in [1.807, 2.05) is 41.9 Å². The van der Waals surface area contributed by atoms with Crippen molar-refractivity contribution in [2.75, 3.05) is 0 Å². The van der Waals surface area contributed by atoms with Crippen molar-refractivity contribution in [3.05, 3.63) is 52.5 Å². The van der Waals surface area contributed by atoms with Gasteiger partial charge in [0.1, 0.15) is 5.01 Å². The topological polar surface area (TPSA) is 48.7 Å². The van der Waals surface area contributed by atoms with E-state index in [1.165, 1.54) is 0 Å². The monoisotopic (exact) mass is 271 g/mol. The Morgan fingerprint density at radius 2 is 2.11 bits per heavy atom. The predicted octanol–water partition coefficient (Wildman–Crippen LogP) is 3.62. The summed E-state index contributed by atoms with van der Waals surface area (Å²) in [6.45, 7) is 4.19. The zero-order valence-corrected chi connectivity index (χ0v) is 11.9. The van der Waals surface area contributed by atoms with E-state index in [9.17, 15) is 0 Å². The van der Waals surface area contributed by atoms with E-state index in [2.05, 4.69) is 30.2 Å². The normalized spacial score (nSPS) is 12.9. The molecule has 1 unspecified atom stereocenters. The Labute approximate surface area is 117 Å². The highest BCUT2D eigenvalue weighted by Gasteiger charge is 2.27. The lowest BCUT2D eigenvalue weighted by Crippen LogP contribution is -2.39. The van der Waals surface area contributed by atoms with Crippen LogP contribution in [0.1, 0.15) is 36.9 Å². The van der Waals surface area contributed by atoms with Gasteiger partial charge in [-0.25, -0.2) is 4.98 Å². The van der Waals surface area contributed by atoms with E-state index in [4.69, 9.17) is 5.26 Å². The van der Waals surface area contributed by atoms with Gasteiger partial charge >= 0.3 is 0 Å². The summed E-state index contributed by atoms with van der Waals surface area (Å²) >= 11 is 1.63. The highest BCUT2D eigenvalue weighted by molar-refractivity contribution is 7.09. The Morgan fingerprint density at radius 3 is 2.68 bits per heavy atom. The van der Waals surface area contributed by atoms with Crippen LogP contribution in [0.3, 0.4) is 0 Å². The molecule has 4 heteroatoms. The summed E-state index contributed by atoms with van der Waals surface area (Å²) in [6.07, 6.45) is 2.25. The van der Waals surface area contributed by atoms with Gasteiger partial charge < -0.3 is 0 Å². The molecule has 1 aromatic carbocycles. The first kappa shape index (κ1) is 13.7. The van der Waals surface area contributed by atoms with Gasteiger partial charge in [-0.05, 0) is 19.4 Å². The zero-order chi connectivity index (χ0) is 13.7. The second-order valence-corrected chi connectivity index (χ2v) is 5.83. The first-order valence-corrected chi connectivity index (χ1v) is 7.11. The van der Waals surface area contributed by atoms with E-state index >= 15 is 0 Å². The van der Waals surface area contributed by atoms with Crippen LogP contribution in [-0.2, 0) is 5.54 Å². The SMILES string of the molecule is CC(C)(NC(CC#N)c1ccccc1)c1nccs1. The van der Waals surface area contributed by atoms with Gasteiger partial charge in [0.25, 0.3) is 0 Å². The second kappa shape index (κ2) is 5.96. The lowest BCUT2D eigenvalue weighted by Gasteiger charge is -2.29. The Kier molecular flexibility index (Phi) is 4.31. The molecule has 0 bridgehead atoms. The molecule has 1 N–H and O–H groups in total. The lowest BCUT2D eigenvalue weighted by atomic mass is 9.99. The maximum atomic E-state index is 9.02. The number of aromatic nitrogens is 1. The Balaban J connectivity index is 2.20. The predicted molar refractivity (Wildman–Crippen MR) is 77.7 cm³/mol. The molecule has 1 atom stereocenters. The van der Waals surface area contributed by atoms with Crippen molar-refractivity contribution in [1.29, 1.82) is 5.26 Å². The number of hydrogen-bond donors (Lipinski definition) is 1. The van der Waals surface area contributed by atoms with Crippen molar-refractivity contribution in [3.8, 4) is 6.07 Å². The summed E-state index contributed by atoms with van der Waals surface area (Å²) in [5.41, 5.74) is 0.889. The smallest absolute Gasteiger partial charge is 0.112 e. The van der Waals surface area contributed by atoms with Crippen LogP contribution >= 0.6 is 11.3 Å². The van der Waals surface area contributed by atoms with Crippen molar-refractivity contribution in [2.45, 2.75) is 31.8 Å². The van der Waals surface area contributed by atoms with Crippen LogP contribution in [0, 0.1) is 11.3 Å². The Hall–Kier alpha value is -1.70. The van der Waals surface area contributed by atoms with E-state index in [0.717, 1.165) is 10.6 Å². The summed E-state index contributed by atoms with van der Waals surface area (Å²) in [6, 6.07) is 12.4. The molecule has 0 amide bonds. The highest BCUT2D eigenvalue weighted by atomic mass is 32.1. The van der Waals surface area contributed by atoms with Gasteiger partial charge in [0, 0.05) is 17.6 Å². The van der Waals surface area contributed by atoms with Crippen molar-refractivity contribution in [2.24, 2.45) is 0 Å². The summed E-state index contributed by atoms with van der Waals surface area (Å²) in [5, 5.41) is 15.6. The summed E-state index contributed by atoms with van der Waals surface area (Å²) < 4.78 is 0. The average Bonchev–Trinajstić information content (AvgIpc) is 2.94. The molecule has 0 saturated carbocycles. The van der Waals surface area contributed by atoms with Crippen molar-refractivity contribution < 1.29 is 0 Å². The quantitative estimate of drug-likeness (QED) is 0.903. The van der Waals surface area contributed by atoms with Crippen molar-refractivity contribution in [3.63, 3.8) is 0 Å². The summed E-state index contributed by atoms with van der Waals surface area (Å²) in [7, 11) is 0. The number of nitrogens with one attached hydrogen (secondary N) is 1. The number of nitrogens with zero attached hydrogens (tertiary/aromatic N) is 2. The number of rotatable bonds is 5. The minimum atomic E-state index is -0.245. The van der Waals surface area contributed by atoms with Gasteiger partial charge in [-0.1, -0.05) is 30.3 Å². The second-order valence-electron chi connectivity index (χ2n) is 4.93. The molecule has 0 radical (unpaired) electrons. The van der Waals surface area contributed by atoms with E-state index in [0.29, 0.717) is 6.42 Å². The molecule has 0 fully saturated rings. The molecule has 0 aliphatic carbocycles. The molecule has 1 aromatic heterocycles. The van der Waals surface area contributed by atoms with Gasteiger partial charge in [-0.2, -0.15) is 5.26 Å². The third kappa shape index (κ3) is 3.40. The lowest BCUT2D eigenvalue weighted by molar-refractivity contribution is 0.345. The average molecular weight is 271 g/mol. The molecular weight excluding hydrogens is 254 g/mol. The van der Waals surface area contributed by atoms with E-state index in [-0.39, 0.29) is 11.6 Å². The highest BCUT2D eigenvalue weighted by Crippen LogP contribution is 2.27. The molecule has 0 aliphatic rings. The summed E-state index contributed by atoms with van der Waals surface area (Å²) in [5.74, 6) is 0. The van der Waals surface area contributed by atoms with Gasteiger partial charge in [0.15, 0.2) is 0 Å². The minimum absolute atomic E-state index is 0.0186. The van der Waals surface area contributed by atoms with Gasteiger partial charge in [0.05, 0.1) is 18.0 Å². The molecule has 0 saturated heterocycles. The van der Waals surface area contributed by atoms with Crippen LogP contribution in [0.25, 0.3) is 0 Å². The minimum Gasteiger partial charge on any atom is -0.298 e. The van der Waals surface area contributed by atoms with Crippen LogP contribution in [0.5, 0.6) is 0 Å². The molecule has 0 aliphatic heterocycles. The number of hydrogen-bond acceptors (Lipinski definition) is 4. The number of benzene rings is 1. The van der Waals surface area contributed by atoms with Crippen LogP contribution in [-0.4, -0.2) is 4.98 Å². The van der Waals surface area contributed by atoms with Crippen molar-refractivity contribution in [1.82, 2.24) is 10.3 Å². The van der Waals surface area contributed by atoms with Gasteiger partial charge in [-0.3, -0.25) is 5.32 Å². The Morgan fingerprint density at radius 1 is 1.37 bits per heavy atom. The van der Waals surface area contributed by atoms with Crippen molar-refractivity contribution >= 4 is 11.3 Å².